The third-order valence-corrected chi connectivity index (χ3v) is 4.36. The van der Waals surface area contributed by atoms with Gasteiger partial charge in [-0.15, -0.1) is 0 Å². The maximum absolute atomic E-state index is 12.3. The van der Waals surface area contributed by atoms with E-state index in [1.165, 1.54) is 18.3 Å². The Hall–Kier alpha value is -3.43. The molecule has 0 fully saturated rings. The number of carbonyl (C=O) groups is 3. The highest BCUT2D eigenvalue weighted by atomic mass is 19.4. The number of amides is 3. The molecule has 0 atom stereocenters. The molecule has 1 aliphatic rings. The average molecular weight is 421 g/mol. The number of nitrogens with one attached hydrogen (secondary N) is 1. The summed E-state index contributed by atoms with van der Waals surface area (Å²) in [6, 6.07) is 9.52. The van der Waals surface area contributed by atoms with Crippen LogP contribution in [0.3, 0.4) is 0 Å². The van der Waals surface area contributed by atoms with Crippen molar-refractivity contribution in [1.82, 2.24) is 15.2 Å². The van der Waals surface area contributed by atoms with Crippen LogP contribution in [0, 0.1) is 0 Å². The number of imide groups is 1. The van der Waals surface area contributed by atoms with E-state index in [9.17, 15) is 27.6 Å². The highest BCUT2D eigenvalue weighted by Gasteiger charge is 2.34. The van der Waals surface area contributed by atoms with E-state index in [1.54, 1.807) is 24.3 Å². The van der Waals surface area contributed by atoms with Gasteiger partial charge in [-0.1, -0.05) is 18.2 Å². The minimum Gasteiger partial charge on any atom is -0.468 e. The van der Waals surface area contributed by atoms with Gasteiger partial charge in [0.1, 0.15) is 0 Å². The molecule has 10 heteroatoms. The first-order valence-corrected chi connectivity index (χ1v) is 9.11. The quantitative estimate of drug-likeness (QED) is 0.663. The first-order chi connectivity index (χ1) is 14.3. The van der Waals surface area contributed by atoms with Crippen LogP contribution in [0.25, 0.3) is 0 Å². The first-order valence-electron chi connectivity index (χ1n) is 9.11. The molecule has 30 heavy (non-hydrogen) atoms. The Bertz CT molecular complexity index is 927. The number of carbonyl (C=O) groups excluding carboxylic acids is 3. The van der Waals surface area contributed by atoms with Gasteiger partial charge in [0.2, 0.25) is 11.8 Å². The number of pyridine rings is 1. The second-order valence-electron chi connectivity index (χ2n) is 6.56. The van der Waals surface area contributed by atoms with Crippen molar-refractivity contribution in [3.63, 3.8) is 0 Å². The Morgan fingerprint density at radius 2 is 1.73 bits per heavy atom. The molecule has 1 aromatic carbocycles. The predicted molar refractivity (Wildman–Crippen MR) is 98.7 cm³/mol. The number of halogens is 3. The maximum atomic E-state index is 12.3. The van der Waals surface area contributed by atoms with Crippen LogP contribution >= 0.6 is 0 Å². The number of aromatic nitrogens is 1. The lowest BCUT2D eigenvalue weighted by atomic mass is 10.1. The Kier molecular flexibility index (Phi) is 6.34. The monoisotopic (exact) mass is 421 g/mol. The Labute approximate surface area is 169 Å². The fraction of sp³-hybridized carbons (Fsp3) is 0.300. The van der Waals surface area contributed by atoms with Gasteiger partial charge in [0, 0.05) is 31.3 Å². The molecule has 3 rings (SSSR count). The van der Waals surface area contributed by atoms with Crippen LogP contribution < -0.4 is 10.1 Å². The lowest BCUT2D eigenvalue weighted by Crippen LogP contribution is -2.32. The van der Waals surface area contributed by atoms with E-state index < -0.39 is 24.6 Å². The fourth-order valence-electron chi connectivity index (χ4n) is 2.96. The SMILES string of the molecule is O=C(CCCN1C(=O)c2ccccc2C1=O)NCc1cccnc1OCC(F)(F)F. The zero-order chi connectivity index (χ0) is 21.7. The number of ether oxygens (including phenoxy) is 1. The largest absolute Gasteiger partial charge is 0.468 e. The highest BCUT2D eigenvalue weighted by molar-refractivity contribution is 6.21. The molecule has 0 saturated carbocycles. The van der Waals surface area contributed by atoms with Crippen molar-refractivity contribution in [3.05, 3.63) is 59.3 Å². The second-order valence-corrected chi connectivity index (χ2v) is 6.56. The van der Waals surface area contributed by atoms with E-state index in [1.807, 2.05) is 0 Å². The third-order valence-electron chi connectivity index (χ3n) is 4.36. The van der Waals surface area contributed by atoms with E-state index in [0.29, 0.717) is 16.7 Å². The summed E-state index contributed by atoms with van der Waals surface area (Å²) < 4.78 is 41.6. The second kappa shape index (κ2) is 8.93. The van der Waals surface area contributed by atoms with Crippen LogP contribution in [0.2, 0.25) is 0 Å². The summed E-state index contributed by atoms with van der Waals surface area (Å²) in [5.41, 5.74) is 0.986. The minimum absolute atomic E-state index is 0.0341. The fourth-order valence-corrected chi connectivity index (χ4v) is 2.96. The zero-order valence-corrected chi connectivity index (χ0v) is 15.7. The average Bonchev–Trinajstić information content (AvgIpc) is 2.96. The summed E-state index contributed by atoms with van der Waals surface area (Å²) in [4.78, 5) is 41.4. The van der Waals surface area contributed by atoms with E-state index in [-0.39, 0.29) is 37.7 Å². The molecule has 158 valence electrons. The van der Waals surface area contributed by atoms with Crippen molar-refractivity contribution in [3.8, 4) is 5.88 Å². The number of alkyl halides is 3. The van der Waals surface area contributed by atoms with Gasteiger partial charge in [0.25, 0.3) is 11.8 Å². The van der Waals surface area contributed by atoms with Crippen LogP contribution in [0.4, 0.5) is 13.2 Å². The highest BCUT2D eigenvalue weighted by Crippen LogP contribution is 2.23. The van der Waals surface area contributed by atoms with Crippen molar-refractivity contribution in [2.45, 2.75) is 25.6 Å². The Morgan fingerprint density at radius 1 is 1.07 bits per heavy atom. The van der Waals surface area contributed by atoms with Crippen LogP contribution in [0.5, 0.6) is 5.88 Å². The third kappa shape index (κ3) is 5.13. The van der Waals surface area contributed by atoms with Gasteiger partial charge in [0.05, 0.1) is 11.1 Å². The van der Waals surface area contributed by atoms with Crippen LogP contribution in [0.15, 0.2) is 42.6 Å². The van der Waals surface area contributed by atoms with E-state index in [0.717, 1.165) is 4.90 Å². The summed E-state index contributed by atoms with van der Waals surface area (Å²) in [6.07, 6.45) is -2.92. The molecular formula is C20H18F3N3O4. The van der Waals surface area contributed by atoms with Crippen LogP contribution in [-0.2, 0) is 11.3 Å². The minimum atomic E-state index is -4.50. The number of benzene rings is 1. The van der Waals surface area contributed by atoms with Gasteiger partial charge in [-0.2, -0.15) is 13.2 Å². The molecule has 7 nitrogen and oxygen atoms in total. The van der Waals surface area contributed by atoms with Crippen LogP contribution in [-0.4, -0.2) is 46.9 Å². The zero-order valence-electron chi connectivity index (χ0n) is 15.7. The van der Waals surface area contributed by atoms with Crippen molar-refractivity contribution in [2.75, 3.05) is 13.2 Å². The molecule has 1 N–H and O–H groups in total. The van der Waals surface area contributed by atoms with Crippen molar-refractivity contribution >= 4 is 17.7 Å². The summed E-state index contributed by atoms with van der Waals surface area (Å²) >= 11 is 0. The lowest BCUT2D eigenvalue weighted by molar-refractivity contribution is -0.154. The smallest absolute Gasteiger partial charge is 0.422 e. The summed E-state index contributed by atoms with van der Waals surface area (Å²) in [7, 11) is 0. The first kappa shape index (κ1) is 21.3. The topological polar surface area (TPSA) is 88.6 Å². The molecule has 0 radical (unpaired) electrons. The predicted octanol–water partition coefficient (Wildman–Crippen LogP) is 2.72. The van der Waals surface area contributed by atoms with Gasteiger partial charge in [-0.3, -0.25) is 19.3 Å². The van der Waals surface area contributed by atoms with Gasteiger partial charge >= 0.3 is 6.18 Å². The van der Waals surface area contributed by atoms with Gasteiger partial charge in [-0.25, -0.2) is 4.98 Å². The van der Waals surface area contributed by atoms with Crippen molar-refractivity contribution < 1.29 is 32.3 Å². The number of hydrogen-bond acceptors (Lipinski definition) is 5. The molecule has 0 saturated heterocycles. The molecule has 0 spiro atoms. The number of nitrogens with zero attached hydrogens (tertiary/aromatic N) is 2. The molecule has 1 aliphatic heterocycles. The standard InChI is InChI=1S/C20H18F3N3O4/c21-20(22,23)12-30-17-13(5-3-9-24-17)11-25-16(27)8-4-10-26-18(28)14-6-1-2-7-15(14)19(26)29/h1-3,5-7,9H,4,8,10-12H2,(H,25,27). The lowest BCUT2D eigenvalue weighted by Gasteiger charge is -2.14. The Balaban J connectivity index is 1.46. The normalized spacial score (nSPS) is 13.4. The van der Waals surface area contributed by atoms with Gasteiger partial charge in [-0.05, 0) is 24.6 Å². The van der Waals surface area contributed by atoms with E-state index in [2.05, 4.69) is 15.0 Å². The molecule has 1 aromatic heterocycles. The summed E-state index contributed by atoms with van der Waals surface area (Å²) in [5.74, 6) is -1.37. The summed E-state index contributed by atoms with van der Waals surface area (Å²) in [6.45, 7) is -1.45. The molecule has 0 bridgehead atoms. The molecule has 3 amide bonds. The van der Waals surface area contributed by atoms with Gasteiger partial charge < -0.3 is 10.1 Å². The maximum Gasteiger partial charge on any atom is 0.422 e. The van der Waals surface area contributed by atoms with Crippen molar-refractivity contribution in [1.29, 1.82) is 0 Å². The molecule has 0 unspecified atom stereocenters. The molecule has 0 aliphatic carbocycles. The molecular weight excluding hydrogens is 403 g/mol. The number of hydrogen-bond donors (Lipinski definition) is 1. The number of rotatable bonds is 8. The summed E-state index contributed by atoms with van der Waals surface area (Å²) in [5, 5.41) is 2.57. The van der Waals surface area contributed by atoms with Gasteiger partial charge in [0.15, 0.2) is 6.61 Å². The molecule has 2 heterocycles. The molecule has 2 aromatic rings. The van der Waals surface area contributed by atoms with E-state index >= 15 is 0 Å². The van der Waals surface area contributed by atoms with Crippen LogP contribution in [0.1, 0.15) is 39.1 Å². The van der Waals surface area contributed by atoms with Crippen molar-refractivity contribution in [2.24, 2.45) is 0 Å². The number of fused-ring (bicyclic) bond motifs is 1. The van der Waals surface area contributed by atoms with E-state index in [4.69, 9.17) is 0 Å². The Morgan fingerprint density at radius 3 is 2.37 bits per heavy atom.